The van der Waals surface area contributed by atoms with Crippen LogP contribution in [-0.4, -0.2) is 25.6 Å². The molecule has 0 aliphatic carbocycles. The second-order valence-electron chi connectivity index (χ2n) is 7.56. The average molecular weight is 466 g/mol. The number of hydrogen-bond acceptors (Lipinski definition) is 8. The lowest BCUT2D eigenvalue weighted by molar-refractivity contribution is 0.706. The second-order valence-corrected chi connectivity index (χ2v) is 9.30. The Balaban J connectivity index is 1.70. The predicted molar refractivity (Wildman–Crippen MR) is 130 cm³/mol. The molecule has 0 unspecified atom stereocenters. The Morgan fingerprint density at radius 2 is 1.97 bits per heavy atom. The molecule has 0 bridgehead atoms. The Labute approximate surface area is 192 Å². The van der Waals surface area contributed by atoms with Crippen LogP contribution in [0.4, 0.5) is 20.4 Å². The number of aromatic nitrogens is 4. The first-order chi connectivity index (χ1) is 15.4. The van der Waals surface area contributed by atoms with Crippen LogP contribution >= 0.6 is 23.5 Å². The summed E-state index contributed by atoms with van der Waals surface area (Å²) in [6.45, 7) is 10.9. The lowest BCUT2D eigenvalue weighted by atomic mass is 10.0. The van der Waals surface area contributed by atoms with Gasteiger partial charge in [-0.25, -0.2) is 19.6 Å². The fraction of sp³-hybridized carbons (Fsp3) is 0.182. The van der Waals surface area contributed by atoms with E-state index in [0.29, 0.717) is 11.0 Å². The van der Waals surface area contributed by atoms with Crippen LogP contribution in [0, 0.1) is 20.8 Å². The summed E-state index contributed by atoms with van der Waals surface area (Å²) in [5.41, 5.74) is 11.6. The highest BCUT2D eigenvalue weighted by atomic mass is 32.2. The Hall–Kier alpha value is -3.24. The molecule has 32 heavy (non-hydrogen) atoms. The van der Waals surface area contributed by atoms with E-state index in [1.165, 1.54) is 16.8 Å². The Morgan fingerprint density at radius 3 is 2.72 bits per heavy atom. The molecule has 7 nitrogen and oxygen atoms in total. The summed E-state index contributed by atoms with van der Waals surface area (Å²) in [7, 11) is 0. The lowest BCUT2D eigenvalue weighted by Crippen LogP contribution is -2.35. The molecule has 0 fully saturated rings. The van der Waals surface area contributed by atoms with Gasteiger partial charge in [-0.05, 0) is 38.0 Å². The van der Waals surface area contributed by atoms with Crippen LogP contribution in [0.5, 0.6) is 0 Å². The molecule has 2 N–H and O–H groups in total. The molecule has 0 atom stereocenters. The van der Waals surface area contributed by atoms with E-state index in [2.05, 4.69) is 53.4 Å². The number of nitrogen functional groups attached to an aromatic ring is 1. The molecular formula is C22H20FN7S2. The summed E-state index contributed by atoms with van der Waals surface area (Å²) in [5.74, 6) is 0.911. The fourth-order valence-corrected chi connectivity index (χ4v) is 5.43. The normalized spacial score (nSPS) is 13.6. The number of para-hydroxylation sites is 1. The molecule has 1 aliphatic heterocycles. The predicted octanol–water partition coefficient (Wildman–Crippen LogP) is 5.59. The van der Waals surface area contributed by atoms with E-state index in [-0.39, 0.29) is 29.5 Å². The first-order valence-electron chi connectivity index (χ1n) is 9.88. The third-order valence-corrected chi connectivity index (χ3v) is 7.19. The third kappa shape index (κ3) is 3.09. The van der Waals surface area contributed by atoms with Gasteiger partial charge in [0.15, 0.2) is 10.7 Å². The molecule has 5 rings (SSSR count). The van der Waals surface area contributed by atoms with Gasteiger partial charge in [-0.3, -0.25) is 4.90 Å². The van der Waals surface area contributed by atoms with Gasteiger partial charge in [0.2, 0.25) is 0 Å². The first kappa shape index (κ1) is 20.7. The fourth-order valence-electron chi connectivity index (χ4n) is 3.96. The maximum atomic E-state index is 13.6. The minimum Gasteiger partial charge on any atom is -0.383 e. The number of fused-ring (bicyclic) bond motifs is 2. The SMILES string of the molecule is C=C1c2c(sc(C)c2C)N=C(Cn2nc(SF)c3c(N)ncnc32)N1c1ccccc1C. The van der Waals surface area contributed by atoms with Crippen LogP contribution in [0.2, 0.25) is 0 Å². The standard InChI is InChI=1S/C22H20FN7S2/c1-11-7-5-6-8-15(11)30-13(3)17-12(2)14(4)31-21(17)27-16(30)9-29-20-18(22(28-29)32-23)19(24)25-10-26-20/h5-8,10H,3,9H2,1-2,4H3,(H2,24,25,26). The molecule has 162 valence electrons. The average Bonchev–Trinajstić information content (AvgIpc) is 3.27. The van der Waals surface area contributed by atoms with Gasteiger partial charge in [0.05, 0.1) is 16.8 Å². The van der Waals surface area contributed by atoms with Gasteiger partial charge >= 0.3 is 0 Å². The molecule has 0 amide bonds. The smallest absolute Gasteiger partial charge is 0.165 e. The van der Waals surface area contributed by atoms with Crippen molar-refractivity contribution < 1.29 is 3.89 Å². The van der Waals surface area contributed by atoms with E-state index in [1.807, 2.05) is 18.2 Å². The number of thiophene rings is 1. The van der Waals surface area contributed by atoms with E-state index >= 15 is 0 Å². The van der Waals surface area contributed by atoms with Gasteiger partial charge in [0.1, 0.15) is 41.7 Å². The highest BCUT2D eigenvalue weighted by Gasteiger charge is 2.30. The Kier molecular flexibility index (Phi) is 4.98. The van der Waals surface area contributed by atoms with Gasteiger partial charge in [0.25, 0.3) is 0 Å². The van der Waals surface area contributed by atoms with Crippen molar-refractivity contribution in [3.8, 4) is 0 Å². The van der Waals surface area contributed by atoms with Crippen LogP contribution in [0.3, 0.4) is 0 Å². The highest BCUT2D eigenvalue weighted by molar-refractivity contribution is 7.94. The molecular weight excluding hydrogens is 445 g/mol. The van der Waals surface area contributed by atoms with Gasteiger partial charge in [-0.1, -0.05) is 24.8 Å². The van der Waals surface area contributed by atoms with Crippen molar-refractivity contribution in [3.63, 3.8) is 0 Å². The van der Waals surface area contributed by atoms with Crippen LogP contribution in [0.25, 0.3) is 16.7 Å². The number of nitrogens with two attached hydrogens (primary N) is 1. The van der Waals surface area contributed by atoms with Crippen molar-refractivity contribution >= 4 is 62.6 Å². The quantitative estimate of drug-likeness (QED) is 0.423. The molecule has 1 aliphatic rings. The largest absolute Gasteiger partial charge is 0.383 e. The summed E-state index contributed by atoms with van der Waals surface area (Å²) in [6.07, 6.45) is 1.35. The molecule has 0 saturated carbocycles. The van der Waals surface area contributed by atoms with Crippen LogP contribution < -0.4 is 10.6 Å². The molecule has 10 heteroatoms. The molecule has 3 aromatic heterocycles. The molecule has 4 heterocycles. The van der Waals surface area contributed by atoms with E-state index in [9.17, 15) is 3.89 Å². The van der Waals surface area contributed by atoms with Gasteiger partial charge in [-0.2, -0.15) is 8.98 Å². The second kappa shape index (κ2) is 7.72. The number of hydrogen-bond donors (Lipinski definition) is 1. The molecule has 0 radical (unpaired) electrons. The maximum absolute atomic E-state index is 13.6. The van der Waals surface area contributed by atoms with Crippen molar-refractivity contribution in [1.82, 2.24) is 19.7 Å². The lowest BCUT2D eigenvalue weighted by Gasteiger charge is -2.32. The summed E-state index contributed by atoms with van der Waals surface area (Å²) >= 11 is 1.67. The topological polar surface area (TPSA) is 85.2 Å². The number of anilines is 2. The van der Waals surface area contributed by atoms with Crippen molar-refractivity contribution in [3.05, 3.63) is 58.7 Å². The van der Waals surface area contributed by atoms with Crippen molar-refractivity contribution in [2.75, 3.05) is 10.6 Å². The zero-order chi connectivity index (χ0) is 22.6. The minimum atomic E-state index is 0.0284. The van der Waals surface area contributed by atoms with Crippen molar-refractivity contribution in [1.29, 1.82) is 0 Å². The minimum absolute atomic E-state index is 0.0284. The van der Waals surface area contributed by atoms with E-state index in [4.69, 9.17) is 10.7 Å². The number of halogens is 1. The van der Waals surface area contributed by atoms with E-state index in [0.717, 1.165) is 33.3 Å². The van der Waals surface area contributed by atoms with Crippen LogP contribution in [0.1, 0.15) is 21.6 Å². The molecule has 0 saturated heterocycles. The third-order valence-electron chi connectivity index (χ3n) is 5.66. The number of aliphatic imine (C=N–C) groups is 1. The maximum Gasteiger partial charge on any atom is 0.165 e. The summed E-state index contributed by atoms with van der Waals surface area (Å²) in [6, 6.07) is 8.08. The van der Waals surface area contributed by atoms with Gasteiger partial charge < -0.3 is 5.73 Å². The Morgan fingerprint density at radius 1 is 1.19 bits per heavy atom. The molecule has 4 aromatic rings. The zero-order valence-corrected chi connectivity index (χ0v) is 19.4. The Bertz CT molecular complexity index is 1420. The number of nitrogens with zero attached hydrogens (tertiary/aromatic N) is 6. The summed E-state index contributed by atoms with van der Waals surface area (Å²) < 4.78 is 15.2. The summed E-state index contributed by atoms with van der Waals surface area (Å²) in [5, 5.41) is 5.86. The molecule has 1 aromatic carbocycles. The van der Waals surface area contributed by atoms with Gasteiger partial charge in [-0.15, -0.1) is 11.3 Å². The van der Waals surface area contributed by atoms with Crippen molar-refractivity contribution in [2.45, 2.75) is 32.3 Å². The van der Waals surface area contributed by atoms with E-state index < -0.39 is 0 Å². The summed E-state index contributed by atoms with van der Waals surface area (Å²) in [4.78, 5) is 16.5. The molecule has 0 spiro atoms. The first-order valence-corrected chi connectivity index (χ1v) is 11.4. The number of benzene rings is 1. The monoisotopic (exact) mass is 465 g/mol. The number of amidine groups is 1. The number of aryl methyl sites for hydroxylation is 2. The van der Waals surface area contributed by atoms with E-state index in [1.54, 1.807) is 16.0 Å². The highest BCUT2D eigenvalue weighted by Crippen LogP contribution is 2.45. The van der Waals surface area contributed by atoms with Crippen LogP contribution in [0.15, 0.2) is 47.2 Å². The van der Waals surface area contributed by atoms with Crippen molar-refractivity contribution in [2.24, 2.45) is 4.99 Å². The zero-order valence-electron chi connectivity index (χ0n) is 17.8. The van der Waals surface area contributed by atoms with Crippen LogP contribution in [-0.2, 0) is 6.54 Å². The van der Waals surface area contributed by atoms with Gasteiger partial charge in [0, 0.05) is 10.4 Å². The number of rotatable bonds is 4.